The SMILES string of the molecule is O=C(CCl)N(Cc1ccnn1C1CCC1)C1CC=CCC1. The minimum absolute atomic E-state index is 0.0262. The molecule has 2 aliphatic rings. The van der Waals surface area contributed by atoms with Crippen molar-refractivity contribution in [1.29, 1.82) is 0 Å². The minimum Gasteiger partial charge on any atom is -0.332 e. The highest BCUT2D eigenvalue weighted by molar-refractivity contribution is 6.27. The quantitative estimate of drug-likeness (QED) is 0.618. The fourth-order valence-electron chi connectivity index (χ4n) is 3.16. The van der Waals surface area contributed by atoms with Gasteiger partial charge in [0.05, 0.1) is 18.3 Å². The zero-order chi connectivity index (χ0) is 14.7. The summed E-state index contributed by atoms with van der Waals surface area (Å²) in [5, 5.41) is 4.45. The van der Waals surface area contributed by atoms with Crippen molar-refractivity contribution in [2.45, 2.75) is 57.2 Å². The second-order valence-electron chi connectivity index (χ2n) is 5.95. The Kier molecular flexibility index (Phi) is 4.63. The lowest BCUT2D eigenvalue weighted by molar-refractivity contribution is -0.131. The molecule has 0 spiro atoms. The predicted octanol–water partition coefficient (Wildman–Crippen LogP) is 3.28. The van der Waals surface area contributed by atoms with Gasteiger partial charge in [-0.05, 0) is 44.6 Å². The lowest BCUT2D eigenvalue weighted by atomic mass is 9.93. The first-order chi connectivity index (χ1) is 10.3. The van der Waals surface area contributed by atoms with E-state index < -0.39 is 0 Å². The van der Waals surface area contributed by atoms with E-state index in [4.69, 9.17) is 11.6 Å². The van der Waals surface area contributed by atoms with Crippen LogP contribution in [0, 0.1) is 0 Å². The van der Waals surface area contributed by atoms with E-state index in [0.717, 1.165) is 25.0 Å². The Morgan fingerprint density at radius 3 is 2.86 bits per heavy atom. The summed E-state index contributed by atoms with van der Waals surface area (Å²) in [6, 6.07) is 2.83. The van der Waals surface area contributed by atoms with Crippen molar-refractivity contribution >= 4 is 17.5 Å². The molecule has 1 fully saturated rings. The summed E-state index contributed by atoms with van der Waals surface area (Å²) in [5.74, 6) is 0.0796. The molecule has 0 saturated heterocycles. The second-order valence-corrected chi connectivity index (χ2v) is 6.21. The average molecular weight is 308 g/mol. The fourth-order valence-corrected chi connectivity index (χ4v) is 3.31. The first-order valence-electron chi connectivity index (χ1n) is 7.82. The second kappa shape index (κ2) is 6.65. The van der Waals surface area contributed by atoms with E-state index in [0.29, 0.717) is 12.6 Å². The van der Waals surface area contributed by atoms with Gasteiger partial charge in [0.1, 0.15) is 5.88 Å². The highest BCUT2D eigenvalue weighted by Gasteiger charge is 2.27. The van der Waals surface area contributed by atoms with Gasteiger partial charge in [-0.3, -0.25) is 9.48 Å². The maximum atomic E-state index is 12.2. The number of hydrogen-bond donors (Lipinski definition) is 0. The molecule has 1 amide bonds. The van der Waals surface area contributed by atoms with Gasteiger partial charge >= 0.3 is 0 Å². The van der Waals surface area contributed by atoms with Crippen LogP contribution < -0.4 is 0 Å². The van der Waals surface area contributed by atoms with E-state index in [2.05, 4.69) is 21.9 Å². The Hall–Kier alpha value is -1.29. The molecule has 0 aromatic carbocycles. The zero-order valence-corrected chi connectivity index (χ0v) is 13.0. The largest absolute Gasteiger partial charge is 0.332 e. The topological polar surface area (TPSA) is 38.1 Å². The Morgan fingerprint density at radius 1 is 1.38 bits per heavy atom. The number of alkyl halides is 1. The van der Waals surface area contributed by atoms with Gasteiger partial charge in [-0.1, -0.05) is 12.2 Å². The molecule has 1 saturated carbocycles. The molecule has 2 aliphatic carbocycles. The number of amides is 1. The Labute approximate surface area is 130 Å². The van der Waals surface area contributed by atoms with Crippen LogP contribution in [0.3, 0.4) is 0 Å². The normalized spacial score (nSPS) is 22.0. The zero-order valence-electron chi connectivity index (χ0n) is 12.2. The van der Waals surface area contributed by atoms with Gasteiger partial charge in [0.25, 0.3) is 0 Å². The first-order valence-corrected chi connectivity index (χ1v) is 8.36. The summed E-state index contributed by atoms with van der Waals surface area (Å²) >= 11 is 5.82. The molecule has 1 atom stereocenters. The molecule has 114 valence electrons. The van der Waals surface area contributed by atoms with Crippen LogP contribution in [0.1, 0.15) is 50.3 Å². The maximum Gasteiger partial charge on any atom is 0.238 e. The van der Waals surface area contributed by atoms with Gasteiger partial charge in [0.2, 0.25) is 5.91 Å². The van der Waals surface area contributed by atoms with Gasteiger partial charge in [-0.2, -0.15) is 5.10 Å². The number of allylic oxidation sites excluding steroid dienone is 1. The van der Waals surface area contributed by atoms with Crippen molar-refractivity contribution < 1.29 is 4.79 Å². The Morgan fingerprint density at radius 2 is 2.24 bits per heavy atom. The van der Waals surface area contributed by atoms with Crippen LogP contribution in [0.2, 0.25) is 0 Å². The van der Waals surface area contributed by atoms with Crippen LogP contribution in [0.25, 0.3) is 0 Å². The van der Waals surface area contributed by atoms with E-state index in [1.165, 1.54) is 19.3 Å². The summed E-state index contributed by atoms with van der Waals surface area (Å²) in [7, 11) is 0. The highest BCUT2D eigenvalue weighted by atomic mass is 35.5. The molecule has 1 unspecified atom stereocenters. The van der Waals surface area contributed by atoms with Gasteiger partial charge in [-0.25, -0.2) is 0 Å². The third-order valence-corrected chi connectivity index (χ3v) is 4.85. The van der Waals surface area contributed by atoms with Crippen molar-refractivity contribution in [2.24, 2.45) is 0 Å². The van der Waals surface area contributed by atoms with Crippen molar-refractivity contribution in [3.05, 3.63) is 30.1 Å². The van der Waals surface area contributed by atoms with Crippen LogP contribution in [0.15, 0.2) is 24.4 Å². The van der Waals surface area contributed by atoms with Crippen LogP contribution >= 0.6 is 11.6 Å². The number of aromatic nitrogens is 2. The summed E-state index contributed by atoms with van der Waals surface area (Å²) in [5.41, 5.74) is 1.13. The molecular formula is C16H22ClN3O. The molecule has 1 aromatic heterocycles. The number of nitrogens with zero attached hydrogens (tertiary/aromatic N) is 3. The van der Waals surface area contributed by atoms with Crippen molar-refractivity contribution in [3.63, 3.8) is 0 Å². The average Bonchev–Trinajstić information content (AvgIpc) is 2.91. The molecule has 4 nitrogen and oxygen atoms in total. The standard InChI is InChI=1S/C16H22ClN3O/c17-11-16(21)19(13-5-2-1-3-6-13)12-15-9-10-18-20(15)14-7-4-8-14/h1-2,9-10,13-14H,3-8,11-12H2. The molecule has 0 bridgehead atoms. The number of carbonyl (C=O) groups is 1. The molecule has 0 aliphatic heterocycles. The molecule has 3 rings (SSSR count). The van der Waals surface area contributed by atoms with Crippen molar-refractivity contribution in [3.8, 4) is 0 Å². The number of halogens is 1. The lowest BCUT2D eigenvalue weighted by Crippen LogP contribution is -2.41. The van der Waals surface area contributed by atoms with Gasteiger partial charge in [0, 0.05) is 12.2 Å². The highest BCUT2D eigenvalue weighted by Crippen LogP contribution is 2.32. The monoisotopic (exact) mass is 307 g/mol. The molecule has 0 N–H and O–H groups in total. The lowest BCUT2D eigenvalue weighted by Gasteiger charge is -2.34. The first kappa shape index (κ1) is 14.6. The van der Waals surface area contributed by atoms with Crippen LogP contribution in [0.5, 0.6) is 0 Å². The molecule has 1 aromatic rings. The molecule has 1 heterocycles. The van der Waals surface area contributed by atoms with Crippen LogP contribution in [-0.4, -0.2) is 32.5 Å². The molecular weight excluding hydrogens is 286 g/mol. The fraction of sp³-hybridized carbons (Fsp3) is 0.625. The molecule has 5 heteroatoms. The van der Waals surface area contributed by atoms with E-state index in [1.807, 2.05) is 17.2 Å². The minimum atomic E-state index is 0.0262. The summed E-state index contributed by atoms with van der Waals surface area (Å²) < 4.78 is 2.11. The van der Waals surface area contributed by atoms with Gasteiger partial charge in [-0.15, -0.1) is 11.6 Å². The summed E-state index contributed by atoms with van der Waals surface area (Å²) in [6.45, 7) is 0.626. The predicted molar refractivity (Wildman–Crippen MR) is 83.2 cm³/mol. The number of rotatable bonds is 5. The Balaban J connectivity index is 1.76. The third kappa shape index (κ3) is 3.15. The summed E-state index contributed by atoms with van der Waals surface area (Å²) in [6.07, 6.45) is 12.9. The number of hydrogen-bond acceptors (Lipinski definition) is 2. The maximum absolute atomic E-state index is 12.2. The number of carbonyl (C=O) groups excluding carboxylic acids is 1. The van der Waals surface area contributed by atoms with E-state index in [-0.39, 0.29) is 17.8 Å². The Bertz CT molecular complexity index is 521. The van der Waals surface area contributed by atoms with E-state index in [9.17, 15) is 4.79 Å². The van der Waals surface area contributed by atoms with Gasteiger partial charge in [0.15, 0.2) is 0 Å². The van der Waals surface area contributed by atoms with E-state index >= 15 is 0 Å². The van der Waals surface area contributed by atoms with E-state index in [1.54, 1.807) is 0 Å². The molecule has 0 radical (unpaired) electrons. The summed E-state index contributed by atoms with van der Waals surface area (Å²) in [4.78, 5) is 14.2. The van der Waals surface area contributed by atoms with Crippen LogP contribution in [0.4, 0.5) is 0 Å². The van der Waals surface area contributed by atoms with Gasteiger partial charge < -0.3 is 4.90 Å². The third-order valence-electron chi connectivity index (χ3n) is 4.62. The van der Waals surface area contributed by atoms with Crippen molar-refractivity contribution in [2.75, 3.05) is 5.88 Å². The molecule has 21 heavy (non-hydrogen) atoms. The van der Waals surface area contributed by atoms with Crippen LogP contribution in [-0.2, 0) is 11.3 Å². The van der Waals surface area contributed by atoms with Crippen molar-refractivity contribution in [1.82, 2.24) is 14.7 Å². The smallest absolute Gasteiger partial charge is 0.238 e.